The Labute approximate surface area is 172 Å². The first-order valence-electron chi connectivity index (χ1n) is 8.64. The van der Waals surface area contributed by atoms with Gasteiger partial charge in [0.1, 0.15) is 0 Å². The SMILES string of the molecule is Cc1c(NC(=O)c2cc(S(=O)(=O)N3CCOCC3)ccc2Cl)cccc1[N+](=O)[O-]. The number of rotatable bonds is 5. The van der Waals surface area contributed by atoms with Crippen LogP contribution < -0.4 is 5.32 Å². The maximum atomic E-state index is 12.8. The molecule has 2 aromatic rings. The van der Waals surface area contributed by atoms with Gasteiger partial charge in [0.15, 0.2) is 0 Å². The molecule has 11 heteroatoms. The quantitative estimate of drug-likeness (QED) is 0.565. The second-order valence-electron chi connectivity index (χ2n) is 6.32. The van der Waals surface area contributed by atoms with Gasteiger partial charge in [-0.15, -0.1) is 0 Å². The predicted octanol–water partition coefficient (Wildman–Crippen LogP) is 2.83. The van der Waals surface area contributed by atoms with Gasteiger partial charge in [-0.3, -0.25) is 14.9 Å². The van der Waals surface area contributed by atoms with Gasteiger partial charge in [-0.1, -0.05) is 17.7 Å². The zero-order valence-corrected chi connectivity index (χ0v) is 17.0. The van der Waals surface area contributed by atoms with Crippen LogP contribution in [-0.4, -0.2) is 49.9 Å². The number of amides is 1. The lowest BCUT2D eigenvalue weighted by Gasteiger charge is -2.26. The third kappa shape index (κ3) is 4.40. The first kappa shape index (κ1) is 21.2. The van der Waals surface area contributed by atoms with Crippen molar-refractivity contribution in [3.8, 4) is 0 Å². The van der Waals surface area contributed by atoms with E-state index in [2.05, 4.69) is 5.32 Å². The third-order valence-corrected chi connectivity index (χ3v) is 6.76. The molecule has 0 spiro atoms. The first-order valence-corrected chi connectivity index (χ1v) is 10.5. The normalized spacial score (nSPS) is 15.1. The summed E-state index contributed by atoms with van der Waals surface area (Å²) in [6, 6.07) is 8.17. The Bertz CT molecular complexity index is 1070. The molecule has 1 fully saturated rings. The van der Waals surface area contributed by atoms with Crippen LogP contribution in [0.3, 0.4) is 0 Å². The average Bonchev–Trinajstić information content (AvgIpc) is 2.70. The number of benzene rings is 2. The van der Waals surface area contributed by atoms with Crippen LogP contribution >= 0.6 is 11.6 Å². The number of nitrogens with zero attached hydrogens (tertiary/aromatic N) is 2. The minimum absolute atomic E-state index is 0.0492. The monoisotopic (exact) mass is 439 g/mol. The second kappa shape index (κ2) is 8.46. The van der Waals surface area contributed by atoms with Crippen molar-refractivity contribution in [2.24, 2.45) is 0 Å². The van der Waals surface area contributed by atoms with Gasteiger partial charge >= 0.3 is 0 Å². The summed E-state index contributed by atoms with van der Waals surface area (Å²) in [5, 5.41) is 13.7. The molecule has 0 saturated carbocycles. The van der Waals surface area contributed by atoms with Crippen molar-refractivity contribution < 1.29 is 22.9 Å². The van der Waals surface area contributed by atoms with Gasteiger partial charge in [0.05, 0.1) is 44.9 Å². The molecule has 0 aliphatic carbocycles. The van der Waals surface area contributed by atoms with Crippen molar-refractivity contribution in [2.45, 2.75) is 11.8 Å². The highest BCUT2D eigenvalue weighted by atomic mass is 35.5. The molecule has 0 bridgehead atoms. The van der Waals surface area contributed by atoms with Gasteiger partial charge in [0, 0.05) is 19.2 Å². The van der Waals surface area contributed by atoms with Crippen molar-refractivity contribution in [3.63, 3.8) is 0 Å². The van der Waals surface area contributed by atoms with Crippen LogP contribution in [0, 0.1) is 17.0 Å². The maximum Gasteiger partial charge on any atom is 0.274 e. The summed E-state index contributed by atoms with van der Waals surface area (Å²) >= 11 is 6.12. The van der Waals surface area contributed by atoms with E-state index < -0.39 is 20.9 Å². The molecule has 1 aliphatic heterocycles. The molecular weight excluding hydrogens is 422 g/mol. The minimum Gasteiger partial charge on any atom is -0.379 e. The summed E-state index contributed by atoms with van der Waals surface area (Å²) in [6.45, 7) is 2.55. The lowest BCUT2D eigenvalue weighted by atomic mass is 10.1. The molecule has 29 heavy (non-hydrogen) atoms. The smallest absolute Gasteiger partial charge is 0.274 e. The van der Waals surface area contributed by atoms with Gasteiger partial charge in [0.2, 0.25) is 10.0 Å². The molecular formula is C18H18ClN3O6S. The molecule has 9 nitrogen and oxygen atoms in total. The fraction of sp³-hybridized carbons (Fsp3) is 0.278. The summed E-state index contributed by atoms with van der Waals surface area (Å²) in [5.74, 6) is -0.669. The summed E-state index contributed by atoms with van der Waals surface area (Å²) in [7, 11) is -3.81. The molecule has 1 heterocycles. The highest BCUT2D eigenvalue weighted by Crippen LogP contribution is 2.28. The van der Waals surface area contributed by atoms with Crippen LogP contribution in [0.4, 0.5) is 11.4 Å². The molecule has 3 rings (SSSR count). The topological polar surface area (TPSA) is 119 Å². The van der Waals surface area contributed by atoms with E-state index in [1.54, 1.807) is 0 Å². The summed E-state index contributed by atoms with van der Waals surface area (Å²) < 4.78 is 32.1. The Kier molecular flexibility index (Phi) is 6.18. The van der Waals surface area contributed by atoms with Crippen LogP contribution in [-0.2, 0) is 14.8 Å². The molecule has 0 unspecified atom stereocenters. The van der Waals surface area contributed by atoms with Crippen LogP contribution in [0.15, 0.2) is 41.3 Å². The molecule has 1 N–H and O–H groups in total. The van der Waals surface area contributed by atoms with Crippen molar-refractivity contribution >= 4 is 38.9 Å². The lowest BCUT2D eigenvalue weighted by molar-refractivity contribution is -0.385. The number of nitrogens with one attached hydrogen (secondary N) is 1. The molecule has 2 aromatic carbocycles. The molecule has 0 atom stereocenters. The van der Waals surface area contributed by atoms with Gasteiger partial charge in [-0.05, 0) is 31.2 Å². The standard InChI is InChI=1S/C18H18ClN3O6S/c1-12-16(3-2-4-17(12)22(24)25)20-18(23)14-11-13(5-6-15(14)19)29(26,27)21-7-9-28-10-8-21/h2-6,11H,7-10H2,1H3,(H,20,23). The number of sulfonamides is 1. The van der Waals surface area contributed by atoms with Gasteiger partial charge < -0.3 is 10.1 Å². The Morgan fingerprint density at radius 3 is 2.59 bits per heavy atom. The summed E-state index contributed by atoms with van der Waals surface area (Å²) in [6.07, 6.45) is 0. The minimum atomic E-state index is -3.81. The van der Waals surface area contributed by atoms with E-state index in [1.165, 1.54) is 47.6 Å². The Balaban J connectivity index is 1.91. The van der Waals surface area contributed by atoms with Crippen LogP contribution in [0.2, 0.25) is 5.02 Å². The van der Waals surface area contributed by atoms with Gasteiger partial charge in [-0.25, -0.2) is 8.42 Å². The number of ether oxygens (including phenoxy) is 1. The number of morpholine rings is 1. The third-order valence-electron chi connectivity index (χ3n) is 4.54. The van der Waals surface area contributed by atoms with Crippen LogP contribution in [0.1, 0.15) is 15.9 Å². The zero-order valence-electron chi connectivity index (χ0n) is 15.4. The predicted molar refractivity (Wildman–Crippen MR) is 107 cm³/mol. The lowest BCUT2D eigenvalue weighted by Crippen LogP contribution is -2.40. The fourth-order valence-electron chi connectivity index (χ4n) is 2.92. The molecule has 1 saturated heterocycles. The molecule has 154 valence electrons. The maximum absolute atomic E-state index is 12.8. The average molecular weight is 440 g/mol. The molecule has 1 amide bonds. The van der Waals surface area contributed by atoms with Crippen LogP contribution in [0.25, 0.3) is 0 Å². The number of nitro benzene ring substituents is 1. The number of carbonyl (C=O) groups is 1. The van der Waals surface area contributed by atoms with Gasteiger partial charge in [0.25, 0.3) is 11.6 Å². The van der Waals surface area contributed by atoms with E-state index >= 15 is 0 Å². The Hall–Kier alpha value is -2.53. The number of hydrogen-bond acceptors (Lipinski definition) is 6. The number of halogens is 1. The van der Waals surface area contributed by atoms with E-state index in [4.69, 9.17) is 16.3 Å². The van der Waals surface area contributed by atoms with Crippen molar-refractivity contribution in [1.82, 2.24) is 4.31 Å². The Morgan fingerprint density at radius 2 is 1.93 bits per heavy atom. The van der Waals surface area contributed by atoms with E-state index in [9.17, 15) is 23.3 Å². The number of nitro groups is 1. The summed E-state index contributed by atoms with van der Waals surface area (Å²) in [5.41, 5.74) is 0.324. The van der Waals surface area contributed by atoms with E-state index in [0.29, 0.717) is 13.2 Å². The molecule has 1 aliphatic rings. The largest absolute Gasteiger partial charge is 0.379 e. The molecule has 0 aromatic heterocycles. The number of carbonyl (C=O) groups excluding carboxylic acids is 1. The highest BCUT2D eigenvalue weighted by Gasteiger charge is 2.28. The van der Waals surface area contributed by atoms with E-state index in [-0.39, 0.29) is 45.5 Å². The van der Waals surface area contributed by atoms with Crippen LogP contribution in [0.5, 0.6) is 0 Å². The van der Waals surface area contributed by atoms with Crippen molar-refractivity contribution in [3.05, 3.63) is 62.7 Å². The fourth-order valence-corrected chi connectivity index (χ4v) is 4.56. The Morgan fingerprint density at radius 1 is 1.24 bits per heavy atom. The zero-order chi connectivity index (χ0) is 21.2. The number of hydrogen-bond donors (Lipinski definition) is 1. The summed E-state index contributed by atoms with van der Waals surface area (Å²) in [4.78, 5) is 23.2. The second-order valence-corrected chi connectivity index (χ2v) is 8.66. The molecule has 0 radical (unpaired) electrons. The highest BCUT2D eigenvalue weighted by molar-refractivity contribution is 7.89. The van der Waals surface area contributed by atoms with Crippen molar-refractivity contribution in [2.75, 3.05) is 31.6 Å². The van der Waals surface area contributed by atoms with E-state index in [1.807, 2.05) is 0 Å². The number of anilines is 1. The van der Waals surface area contributed by atoms with Crippen molar-refractivity contribution in [1.29, 1.82) is 0 Å². The first-order chi connectivity index (χ1) is 13.7. The van der Waals surface area contributed by atoms with Gasteiger partial charge in [-0.2, -0.15) is 4.31 Å². The van der Waals surface area contributed by atoms with E-state index in [0.717, 1.165) is 0 Å².